The Bertz CT molecular complexity index is 1810. The van der Waals surface area contributed by atoms with Crippen molar-refractivity contribution in [1.82, 2.24) is 19.2 Å². The van der Waals surface area contributed by atoms with Gasteiger partial charge in [-0.3, -0.25) is 9.69 Å². The van der Waals surface area contributed by atoms with Gasteiger partial charge < -0.3 is 4.98 Å². The first-order valence-corrected chi connectivity index (χ1v) is 15.6. The molecule has 5 aromatic rings. The number of nitrogens with zero attached hydrogens (tertiary/aromatic N) is 3. The van der Waals surface area contributed by atoms with E-state index in [9.17, 15) is 13.2 Å². The van der Waals surface area contributed by atoms with Crippen molar-refractivity contribution in [1.29, 1.82) is 0 Å². The van der Waals surface area contributed by atoms with Gasteiger partial charge in [0.2, 0.25) is 10.0 Å². The Balaban J connectivity index is 1.32. The van der Waals surface area contributed by atoms with Crippen LogP contribution in [0, 0.1) is 0 Å². The number of rotatable bonds is 9. The molecule has 4 aromatic carbocycles. The summed E-state index contributed by atoms with van der Waals surface area (Å²) >= 11 is 0. The van der Waals surface area contributed by atoms with E-state index in [-0.39, 0.29) is 10.7 Å². The predicted molar refractivity (Wildman–Crippen MR) is 163 cm³/mol. The van der Waals surface area contributed by atoms with Gasteiger partial charge in [-0.15, -0.1) is 0 Å². The molecule has 1 unspecified atom stereocenters. The van der Waals surface area contributed by atoms with Crippen LogP contribution in [-0.4, -0.2) is 59.6 Å². The highest BCUT2D eigenvalue weighted by molar-refractivity contribution is 7.89. The number of carbonyl (C=O) groups is 1. The number of nitrogens with one attached hydrogen (secondary N) is 1. The predicted octanol–water partition coefficient (Wildman–Crippen LogP) is 6.19. The van der Waals surface area contributed by atoms with E-state index in [1.165, 1.54) is 0 Å². The van der Waals surface area contributed by atoms with E-state index in [1.807, 2.05) is 49.4 Å². The Kier molecular flexibility index (Phi) is 7.71. The molecule has 1 aliphatic rings. The van der Waals surface area contributed by atoms with Crippen LogP contribution in [0.5, 0.6) is 0 Å². The maximum atomic E-state index is 14.1. The average Bonchev–Trinajstić information content (AvgIpc) is 3.51. The zero-order valence-electron chi connectivity index (χ0n) is 23.2. The summed E-state index contributed by atoms with van der Waals surface area (Å²) in [6.45, 7) is 4.07. The minimum Gasteiger partial charge on any atom is -0.341 e. The molecule has 6 rings (SSSR count). The van der Waals surface area contributed by atoms with Crippen molar-refractivity contribution in [3.63, 3.8) is 0 Å². The summed E-state index contributed by atoms with van der Waals surface area (Å²) in [5, 5.41) is 4.18. The van der Waals surface area contributed by atoms with Gasteiger partial charge in [-0.1, -0.05) is 73.7 Å². The van der Waals surface area contributed by atoms with E-state index in [0.717, 1.165) is 45.8 Å². The molecular formula is C33H34N4O3S. The van der Waals surface area contributed by atoms with Crippen LogP contribution >= 0.6 is 0 Å². The molecule has 1 aliphatic heterocycles. The summed E-state index contributed by atoms with van der Waals surface area (Å²) in [6, 6.07) is 27.1. The van der Waals surface area contributed by atoms with Gasteiger partial charge in [0.05, 0.1) is 22.8 Å². The number of piperazine rings is 1. The second kappa shape index (κ2) is 11.6. The van der Waals surface area contributed by atoms with Crippen LogP contribution in [-0.2, 0) is 14.8 Å². The van der Waals surface area contributed by atoms with Gasteiger partial charge in [0.15, 0.2) is 0 Å². The van der Waals surface area contributed by atoms with Crippen molar-refractivity contribution in [3.05, 3.63) is 97.0 Å². The molecule has 1 saturated heterocycles. The van der Waals surface area contributed by atoms with Crippen molar-refractivity contribution in [2.24, 2.45) is 0 Å². The molecule has 210 valence electrons. The fourth-order valence-corrected chi connectivity index (χ4v) is 7.30. The third-order valence-corrected chi connectivity index (χ3v) is 9.94. The van der Waals surface area contributed by atoms with E-state index in [0.29, 0.717) is 38.3 Å². The van der Waals surface area contributed by atoms with Gasteiger partial charge >= 0.3 is 0 Å². The number of benzene rings is 4. The molecule has 8 heteroatoms. The van der Waals surface area contributed by atoms with E-state index in [1.54, 1.807) is 22.6 Å². The van der Waals surface area contributed by atoms with Gasteiger partial charge in [-0.2, -0.15) is 4.31 Å². The van der Waals surface area contributed by atoms with Crippen LogP contribution < -0.4 is 0 Å². The topological polar surface area (TPSA) is 86.4 Å². The van der Waals surface area contributed by atoms with Crippen molar-refractivity contribution < 1.29 is 13.2 Å². The highest BCUT2D eigenvalue weighted by atomic mass is 32.2. The molecule has 41 heavy (non-hydrogen) atoms. The van der Waals surface area contributed by atoms with Crippen LogP contribution in [0.15, 0.2) is 96.0 Å². The van der Waals surface area contributed by atoms with Crippen LogP contribution in [0.3, 0.4) is 0 Å². The number of carbonyl (C=O) groups excluding carboxylic acids is 1. The Hall–Kier alpha value is -3.85. The fourth-order valence-electron chi connectivity index (χ4n) is 5.69. The third kappa shape index (κ3) is 5.68. The van der Waals surface area contributed by atoms with Crippen LogP contribution in [0.2, 0.25) is 0 Å². The third-order valence-electron chi connectivity index (χ3n) is 8.04. The first-order valence-electron chi connectivity index (χ1n) is 14.2. The number of imidazole rings is 1. The van der Waals surface area contributed by atoms with Gasteiger partial charge in [0.25, 0.3) is 0 Å². The lowest BCUT2D eigenvalue weighted by molar-refractivity contribution is -0.118. The Morgan fingerprint density at radius 3 is 2.32 bits per heavy atom. The normalized spacial score (nSPS) is 16.9. The number of ketones is 1. The van der Waals surface area contributed by atoms with E-state index in [2.05, 4.69) is 40.2 Å². The Morgan fingerprint density at radius 2 is 1.59 bits per heavy atom. The van der Waals surface area contributed by atoms with E-state index in [4.69, 9.17) is 4.98 Å². The molecule has 0 bridgehead atoms. The second-order valence-electron chi connectivity index (χ2n) is 10.7. The highest BCUT2D eigenvalue weighted by Gasteiger charge is 2.38. The minimum absolute atomic E-state index is 0.255. The summed E-state index contributed by atoms with van der Waals surface area (Å²) in [7, 11) is -3.80. The lowest BCUT2D eigenvalue weighted by Crippen LogP contribution is -2.51. The molecule has 0 radical (unpaired) electrons. The van der Waals surface area contributed by atoms with E-state index >= 15 is 0 Å². The second-order valence-corrected chi connectivity index (χ2v) is 12.6. The SMILES string of the molecule is CCC(=O)CCCN1CCN(S(=O)(=O)c2ccc3ccccc3c2)C(c2ncc(-c3ccc4ccccc4c3)[nH]2)C1. The Labute approximate surface area is 240 Å². The molecule has 0 saturated carbocycles. The molecule has 2 heterocycles. The number of H-pyrrole nitrogens is 1. The summed E-state index contributed by atoms with van der Waals surface area (Å²) < 4.78 is 29.8. The zero-order valence-corrected chi connectivity index (χ0v) is 24.0. The fraction of sp³-hybridized carbons (Fsp3) is 0.273. The molecule has 0 amide bonds. The van der Waals surface area contributed by atoms with Gasteiger partial charge in [-0.05, 0) is 52.7 Å². The number of hydrogen-bond acceptors (Lipinski definition) is 5. The van der Waals surface area contributed by atoms with Gasteiger partial charge in [0.1, 0.15) is 11.6 Å². The summed E-state index contributed by atoms with van der Waals surface area (Å²) in [4.78, 5) is 22.6. The van der Waals surface area contributed by atoms with E-state index < -0.39 is 16.1 Å². The lowest BCUT2D eigenvalue weighted by Gasteiger charge is -2.39. The largest absolute Gasteiger partial charge is 0.341 e. The molecular weight excluding hydrogens is 532 g/mol. The Morgan fingerprint density at radius 1 is 0.902 bits per heavy atom. The number of aromatic amines is 1. The minimum atomic E-state index is -3.80. The first kappa shape index (κ1) is 27.3. The first-order chi connectivity index (χ1) is 19.9. The van der Waals surface area contributed by atoms with Gasteiger partial charge in [-0.25, -0.2) is 13.4 Å². The molecule has 1 atom stereocenters. The van der Waals surface area contributed by atoms with Crippen molar-refractivity contribution in [2.75, 3.05) is 26.2 Å². The smallest absolute Gasteiger partial charge is 0.243 e. The van der Waals surface area contributed by atoms with Crippen molar-refractivity contribution in [3.8, 4) is 11.3 Å². The standard InChI is InChI=1S/C33H34N4O3S/c1-2-29(38)12-7-17-36-18-19-37(41(39,40)30-16-15-25-9-4-6-11-27(25)21-30)32(23-36)33-34-22-31(35-33)28-14-13-24-8-3-5-10-26(24)20-28/h3-6,8-11,13-16,20-22,32H,2,7,12,17-19,23H2,1H3,(H,34,35). The molecule has 7 nitrogen and oxygen atoms in total. The average molecular weight is 567 g/mol. The van der Waals surface area contributed by atoms with Crippen molar-refractivity contribution in [2.45, 2.75) is 37.1 Å². The molecule has 1 fully saturated rings. The van der Waals surface area contributed by atoms with Crippen LogP contribution in [0.4, 0.5) is 0 Å². The quantitative estimate of drug-likeness (QED) is 0.230. The summed E-state index contributed by atoms with van der Waals surface area (Å²) in [5.41, 5.74) is 1.84. The number of hydrogen-bond donors (Lipinski definition) is 1. The van der Waals surface area contributed by atoms with Gasteiger partial charge in [0, 0.05) is 38.0 Å². The number of aromatic nitrogens is 2. The molecule has 1 aromatic heterocycles. The number of Topliss-reactive ketones (excluding diaryl/α,β-unsaturated/α-hetero) is 1. The van der Waals surface area contributed by atoms with Crippen LogP contribution in [0.1, 0.15) is 38.1 Å². The summed E-state index contributed by atoms with van der Waals surface area (Å²) in [6.07, 6.45) is 3.64. The number of sulfonamides is 1. The zero-order chi connectivity index (χ0) is 28.4. The maximum Gasteiger partial charge on any atom is 0.243 e. The molecule has 0 aliphatic carbocycles. The molecule has 1 N–H and O–H groups in total. The van der Waals surface area contributed by atoms with Crippen LogP contribution in [0.25, 0.3) is 32.8 Å². The monoisotopic (exact) mass is 566 g/mol. The van der Waals surface area contributed by atoms with Crippen molar-refractivity contribution >= 4 is 37.4 Å². The molecule has 0 spiro atoms. The lowest BCUT2D eigenvalue weighted by atomic mass is 10.1. The highest BCUT2D eigenvalue weighted by Crippen LogP contribution is 2.33. The maximum absolute atomic E-state index is 14.1. The number of fused-ring (bicyclic) bond motifs is 2. The summed E-state index contributed by atoms with van der Waals surface area (Å²) in [5.74, 6) is 0.872.